The molecule has 0 radical (unpaired) electrons. The van der Waals surface area contributed by atoms with Crippen molar-refractivity contribution in [1.29, 1.82) is 0 Å². The number of nitrogens with one attached hydrogen (secondary N) is 1. The second kappa shape index (κ2) is 4.38. The molecule has 2 N–H and O–H groups in total. The summed E-state index contributed by atoms with van der Waals surface area (Å²) in [5.41, 5.74) is 2.19. The highest BCUT2D eigenvalue weighted by atomic mass is 16.5. The van der Waals surface area contributed by atoms with Crippen LogP contribution in [0.5, 0.6) is 17.2 Å². The summed E-state index contributed by atoms with van der Waals surface area (Å²) in [6.07, 6.45) is 0. The Balaban J connectivity index is 1.93. The molecular weight excluding hydrogens is 302 g/mol. The van der Waals surface area contributed by atoms with Gasteiger partial charge in [-0.1, -0.05) is 36.4 Å². The molecule has 0 aromatic heterocycles. The quantitative estimate of drug-likeness (QED) is 0.667. The van der Waals surface area contributed by atoms with E-state index in [2.05, 4.69) is 5.32 Å². The van der Waals surface area contributed by atoms with Gasteiger partial charge in [-0.3, -0.25) is 4.79 Å². The van der Waals surface area contributed by atoms with Crippen molar-refractivity contribution in [3.05, 3.63) is 89.0 Å². The third-order valence-electron chi connectivity index (χ3n) is 4.75. The molecule has 0 unspecified atom stereocenters. The van der Waals surface area contributed by atoms with E-state index in [9.17, 15) is 9.90 Å². The van der Waals surface area contributed by atoms with E-state index in [0.29, 0.717) is 17.1 Å². The Kier molecular flexibility index (Phi) is 2.41. The molecule has 0 saturated heterocycles. The number of phenolic OH excluding ortho intramolecular Hbond substituents is 1. The number of carbonyl (C=O) groups is 1. The number of rotatable bonds is 0. The molecule has 116 valence electrons. The summed E-state index contributed by atoms with van der Waals surface area (Å²) in [5.74, 6) is 1.38. The first kappa shape index (κ1) is 13.2. The zero-order chi connectivity index (χ0) is 16.3. The molecule has 0 aliphatic carbocycles. The van der Waals surface area contributed by atoms with Gasteiger partial charge in [0.2, 0.25) is 0 Å². The minimum atomic E-state index is -0.851. The van der Waals surface area contributed by atoms with Crippen LogP contribution >= 0.6 is 0 Å². The molecule has 1 amide bonds. The maximum atomic E-state index is 12.6. The van der Waals surface area contributed by atoms with Crippen molar-refractivity contribution in [2.45, 2.75) is 5.54 Å². The second-order valence-electron chi connectivity index (χ2n) is 6.03. The summed E-state index contributed by atoms with van der Waals surface area (Å²) < 4.78 is 6.03. The van der Waals surface area contributed by atoms with Crippen LogP contribution in [0.25, 0.3) is 0 Å². The number of aromatic hydroxyl groups is 1. The summed E-state index contributed by atoms with van der Waals surface area (Å²) in [6, 6.07) is 20.2. The molecule has 5 rings (SSSR count). The molecule has 0 bridgehead atoms. The number of phenols is 1. The first-order valence-corrected chi connectivity index (χ1v) is 7.73. The van der Waals surface area contributed by atoms with Crippen molar-refractivity contribution < 1.29 is 14.6 Å². The summed E-state index contributed by atoms with van der Waals surface area (Å²) in [5, 5.41) is 13.2. The number of benzene rings is 3. The fourth-order valence-corrected chi connectivity index (χ4v) is 3.76. The van der Waals surface area contributed by atoms with Crippen molar-refractivity contribution in [3.63, 3.8) is 0 Å². The maximum absolute atomic E-state index is 12.6. The highest BCUT2D eigenvalue weighted by Gasteiger charge is 2.50. The van der Waals surface area contributed by atoms with E-state index in [1.165, 1.54) is 6.07 Å². The van der Waals surface area contributed by atoms with E-state index in [1.54, 1.807) is 12.1 Å². The minimum Gasteiger partial charge on any atom is -0.508 e. The van der Waals surface area contributed by atoms with Crippen LogP contribution in [0, 0.1) is 0 Å². The number of ether oxygens (including phenoxy) is 1. The molecule has 3 aromatic carbocycles. The molecule has 2 aliphatic heterocycles. The molecule has 2 aliphatic rings. The van der Waals surface area contributed by atoms with Gasteiger partial charge in [-0.15, -0.1) is 0 Å². The van der Waals surface area contributed by atoms with Crippen molar-refractivity contribution in [3.8, 4) is 17.2 Å². The van der Waals surface area contributed by atoms with E-state index in [-0.39, 0.29) is 11.7 Å². The number of hydrogen-bond donors (Lipinski definition) is 2. The SMILES string of the molecule is O=C1NC2(c3ccccc3Oc3ccccc32)c2cc(O)ccc21. The first-order valence-electron chi connectivity index (χ1n) is 7.73. The molecule has 24 heavy (non-hydrogen) atoms. The predicted octanol–water partition coefficient (Wildman–Crippen LogP) is 3.53. The lowest BCUT2D eigenvalue weighted by Crippen LogP contribution is -2.43. The van der Waals surface area contributed by atoms with Gasteiger partial charge < -0.3 is 15.2 Å². The summed E-state index contributed by atoms with van der Waals surface area (Å²) in [7, 11) is 0. The lowest BCUT2D eigenvalue weighted by molar-refractivity contribution is 0.0947. The lowest BCUT2D eigenvalue weighted by atomic mass is 9.76. The van der Waals surface area contributed by atoms with Crippen LogP contribution in [0.4, 0.5) is 0 Å². The zero-order valence-corrected chi connectivity index (χ0v) is 12.6. The van der Waals surface area contributed by atoms with Gasteiger partial charge in [0.1, 0.15) is 22.8 Å². The molecule has 3 aromatic rings. The van der Waals surface area contributed by atoms with E-state index in [1.807, 2.05) is 48.5 Å². The largest absolute Gasteiger partial charge is 0.508 e. The van der Waals surface area contributed by atoms with Gasteiger partial charge in [-0.05, 0) is 30.3 Å². The fourth-order valence-electron chi connectivity index (χ4n) is 3.76. The Morgan fingerprint density at radius 3 is 2.12 bits per heavy atom. The molecular formula is C20H13NO3. The molecule has 4 heteroatoms. The van der Waals surface area contributed by atoms with Crippen LogP contribution < -0.4 is 10.1 Å². The Hall–Kier alpha value is -3.27. The summed E-state index contributed by atoms with van der Waals surface area (Å²) >= 11 is 0. The van der Waals surface area contributed by atoms with Crippen molar-refractivity contribution in [2.75, 3.05) is 0 Å². The molecule has 4 nitrogen and oxygen atoms in total. The van der Waals surface area contributed by atoms with Gasteiger partial charge in [-0.2, -0.15) is 0 Å². The first-order chi connectivity index (χ1) is 11.7. The highest BCUT2D eigenvalue weighted by Crippen LogP contribution is 2.53. The summed E-state index contributed by atoms with van der Waals surface area (Å²) in [6.45, 7) is 0. The molecule has 0 atom stereocenters. The number of fused-ring (bicyclic) bond motifs is 6. The third-order valence-corrected chi connectivity index (χ3v) is 4.75. The van der Waals surface area contributed by atoms with Gasteiger partial charge in [0.25, 0.3) is 5.91 Å². The van der Waals surface area contributed by atoms with Gasteiger partial charge in [0.05, 0.1) is 0 Å². The van der Waals surface area contributed by atoms with Gasteiger partial charge >= 0.3 is 0 Å². The zero-order valence-electron chi connectivity index (χ0n) is 12.6. The minimum absolute atomic E-state index is 0.131. The normalized spacial score (nSPS) is 15.9. The van der Waals surface area contributed by atoms with Gasteiger partial charge in [0, 0.05) is 22.3 Å². The standard InChI is InChI=1S/C20H13NO3/c22-12-9-10-13-16(11-12)20(21-19(13)23)14-5-1-3-7-17(14)24-18-8-4-2-6-15(18)20/h1-11,22H,(H,21,23). The van der Waals surface area contributed by atoms with Crippen LogP contribution in [-0.4, -0.2) is 11.0 Å². The lowest BCUT2D eigenvalue weighted by Gasteiger charge is -2.37. The third kappa shape index (κ3) is 1.50. The van der Waals surface area contributed by atoms with Crippen LogP contribution in [0.15, 0.2) is 66.7 Å². The second-order valence-corrected chi connectivity index (χ2v) is 6.03. The Bertz CT molecular complexity index is 964. The number of carbonyl (C=O) groups excluding carboxylic acids is 1. The van der Waals surface area contributed by atoms with E-state index < -0.39 is 5.54 Å². The predicted molar refractivity (Wildman–Crippen MR) is 88.4 cm³/mol. The summed E-state index contributed by atoms with van der Waals surface area (Å²) in [4.78, 5) is 12.6. The van der Waals surface area contributed by atoms with Crippen molar-refractivity contribution in [1.82, 2.24) is 5.32 Å². The Labute approximate surface area is 138 Å². The Morgan fingerprint density at radius 2 is 1.46 bits per heavy atom. The van der Waals surface area contributed by atoms with Crippen LogP contribution in [0.1, 0.15) is 27.0 Å². The molecule has 1 spiro atoms. The average Bonchev–Trinajstić information content (AvgIpc) is 2.88. The number of hydrogen-bond acceptors (Lipinski definition) is 3. The van der Waals surface area contributed by atoms with Crippen LogP contribution in [-0.2, 0) is 5.54 Å². The molecule has 0 fully saturated rings. The number of amides is 1. The fraction of sp³-hybridized carbons (Fsp3) is 0.0500. The smallest absolute Gasteiger partial charge is 0.252 e. The topological polar surface area (TPSA) is 58.6 Å². The van der Waals surface area contributed by atoms with E-state index >= 15 is 0 Å². The number of para-hydroxylation sites is 2. The average molecular weight is 315 g/mol. The van der Waals surface area contributed by atoms with Crippen molar-refractivity contribution >= 4 is 5.91 Å². The highest BCUT2D eigenvalue weighted by molar-refractivity contribution is 6.02. The van der Waals surface area contributed by atoms with Crippen LogP contribution in [0.2, 0.25) is 0 Å². The Morgan fingerprint density at radius 1 is 0.833 bits per heavy atom. The van der Waals surface area contributed by atoms with Crippen LogP contribution in [0.3, 0.4) is 0 Å². The van der Waals surface area contributed by atoms with Gasteiger partial charge in [-0.25, -0.2) is 0 Å². The van der Waals surface area contributed by atoms with Crippen molar-refractivity contribution in [2.24, 2.45) is 0 Å². The van der Waals surface area contributed by atoms with Gasteiger partial charge in [0.15, 0.2) is 0 Å². The van der Waals surface area contributed by atoms with E-state index in [4.69, 9.17) is 4.74 Å². The monoisotopic (exact) mass is 315 g/mol. The maximum Gasteiger partial charge on any atom is 0.252 e. The molecule has 0 saturated carbocycles. The molecule has 2 heterocycles. The van der Waals surface area contributed by atoms with E-state index in [0.717, 1.165) is 16.7 Å².